The molecule has 0 spiro atoms. The van der Waals surface area contributed by atoms with Gasteiger partial charge in [0.05, 0.1) is 10.6 Å². The topological polar surface area (TPSA) is 4.93 Å². The van der Waals surface area contributed by atoms with E-state index in [1.54, 1.807) is 11.3 Å². The van der Waals surface area contributed by atoms with Crippen molar-refractivity contribution in [3.8, 4) is 21.7 Å². The number of benzene rings is 3. The SMILES string of the molecule is Cc1ccc(-c2sc(=S)n(Cc3ccccc3)c2-c2ccc(C)cc2)cc1. The summed E-state index contributed by atoms with van der Waals surface area (Å²) < 4.78 is 3.18. The smallest absolute Gasteiger partial charge is 0.162 e. The summed E-state index contributed by atoms with van der Waals surface area (Å²) in [5, 5.41) is 0. The summed E-state index contributed by atoms with van der Waals surface area (Å²) in [6.07, 6.45) is 0. The van der Waals surface area contributed by atoms with Crippen LogP contribution in [0.5, 0.6) is 0 Å². The number of hydrogen-bond donors (Lipinski definition) is 0. The fourth-order valence-corrected chi connectivity index (χ4v) is 4.64. The maximum atomic E-state index is 5.79. The molecule has 0 radical (unpaired) electrons. The van der Waals surface area contributed by atoms with Crippen molar-refractivity contribution in [2.75, 3.05) is 0 Å². The first-order valence-electron chi connectivity index (χ1n) is 9.03. The third-order valence-electron chi connectivity index (χ3n) is 4.72. The van der Waals surface area contributed by atoms with E-state index in [2.05, 4.69) is 97.3 Å². The lowest BCUT2D eigenvalue weighted by atomic mass is 10.0. The van der Waals surface area contributed by atoms with Crippen molar-refractivity contribution in [1.29, 1.82) is 0 Å². The molecule has 0 saturated heterocycles. The van der Waals surface area contributed by atoms with Crippen molar-refractivity contribution >= 4 is 23.6 Å². The van der Waals surface area contributed by atoms with Gasteiger partial charge in [0, 0.05) is 6.54 Å². The molecule has 1 heterocycles. The van der Waals surface area contributed by atoms with E-state index < -0.39 is 0 Å². The second kappa shape index (κ2) is 7.63. The molecule has 0 N–H and O–H groups in total. The number of rotatable bonds is 4. The van der Waals surface area contributed by atoms with Crippen molar-refractivity contribution in [2.45, 2.75) is 20.4 Å². The average Bonchev–Trinajstić information content (AvgIpc) is 3.00. The second-order valence-electron chi connectivity index (χ2n) is 6.85. The highest BCUT2D eigenvalue weighted by molar-refractivity contribution is 7.73. The van der Waals surface area contributed by atoms with Crippen LogP contribution in [0.1, 0.15) is 16.7 Å². The van der Waals surface area contributed by atoms with Gasteiger partial charge in [-0.1, -0.05) is 90.0 Å². The minimum absolute atomic E-state index is 0.783. The van der Waals surface area contributed by atoms with Gasteiger partial charge in [-0.2, -0.15) is 0 Å². The first-order chi connectivity index (χ1) is 13.1. The summed E-state index contributed by atoms with van der Waals surface area (Å²) >= 11 is 7.49. The number of hydrogen-bond acceptors (Lipinski definition) is 2. The van der Waals surface area contributed by atoms with E-state index in [0.717, 1.165) is 10.5 Å². The average molecular weight is 388 g/mol. The summed E-state index contributed by atoms with van der Waals surface area (Å²) in [4.78, 5) is 1.24. The van der Waals surface area contributed by atoms with E-state index >= 15 is 0 Å². The maximum Gasteiger partial charge on any atom is 0.162 e. The molecule has 0 aliphatic carbocycles. The van der Waals surface area contributed by atoms with E-state index in [1.165, 1.54) is 38.4 Å². The summed E-state index contributed by atoms with van der Waals surface area (Å²) in [5.41, 5.74) is 7.42. The molecule has 0 bridgehead atoms. The van der Waals surface area contributed by atoms with Crippen LogP contribution in [0.25, 0.3) is 21.7 Å². The molecule has 3 aromatic carbocycles. The molecule has 27 heavy (non-hydrogen) atoms. The van der Waals surface area contributed by atoms with Gasteiger partial charge in [0.1, 0.15) is 0 Å². The molecule has 1 aromatic heterocycles. The van der Waals surface area contributed by atoms with Crippen molar-refractivity contribution in [3.63, 3.8) is 0 Å². The van der Waals surface area contributed by atoms with Gasteiger partial charge in [-0.05, 0) is 42.8 Å². The fourth-order valence-electron chi connectivity index (χ4n) is 3.21. The highest BCUT2D eigenvalue weighted by atomic mass is 32.1. The minimum atomic E-state index is 0.783. The molecule has 0 aliphatic heterocycles. The van der Waals surface area contributed by atoms with Crippen LogP contribution < -0.4 is 0 Å². The monoisotopic (exact) mass is 387 g/mol. The highest BCUT2D eigenvalue weighted by Crippen LogP contribution is 2.38. The van der Waals surface area contributed by atoms with Gasteiger partial charge < -0.3 is 4.57 Å². The minimum Gasteiger partial charge on any atom is -0.318 e. The molecule has 1 nitrogen and oxygen atoms in total. The van der Waals surface area contributed by atoms with Gasteiger partial charge >= 0.3 is 0 Å². The molecular formula is C24H21NS2. The summed E-state index contributed by atoms with van der Waals surface area (Å²) in [6.45, 7) is 5.02. The highest BCUT2D eigenvalue weighted by Gasteiger charge is 2.16. The Kier molecular flexibility index (Phi) is 5.06. The molecule has 3 heteroatoms. The van der Waals surface area contributed by atoms with Gasteiger partial charge in [0.25, 0.3) is 0 Å². The van der Waals surface area contributed by atoms with E-state index in [4.69, 9.17) is 12.2 Å². The molecule has 0 saturated carbocycles. The van der Waals surface area contributed by atoms with E-state index in [-0.39, 0.29) is 0 Å². The number of nitrogens with zero attached hydrogens (tertiary/aromatic N) is 1. The Balaban J connectivity index is 1.91. The first-order valence-corrected chi connectivity index (χ1v) is 10.3. The Hall–Kier alpha value is -2.49. The van der Waals surface area contributed by atoms with Gasteiger partial charge in [-0.25, -0.2) is 0 Å². The van der Waals surface area contributed by atoms with Crippen molar-refractivity contribution in [1.82, 2.24) is 4.57 Å². The van der Waals surface area contributed by atoms with Crippen LogP contribution in [0.4, 0.5) is 0 Å². The Morgan fingerprint density at radius 3 is 1.89 bits per heavy atom. The number of aromatic nitrogens is 1. The van der Waals surface area contributed by atoms with Crippen LogP contribution in [0, 0.1) is 17.8 Å². The first kappa shape index (κ1) is 17.9. The second-order valence-corrected chi connectivity index (χ2v) is 8.49. The zero-order valence-corrected chi connectivity index (χ0v) is 17.1. The lowest BCUT2D eigenvalue weighted by Gasteiger charge is -2.12. The fraction of sp³-hybridized carbons (Fsp3) is 0.125. The molecule has 4 aromatic rings. The Morgan fingerprint density at radius 1 is 0.741 bits per heavy atom. The molecular weight excluding hydrogens is 366 g/mol. The largest absolute Gasteiger partial charge is 0.318 e. The number of thiazole rings is 1. The standard InChI is InChI=1S/C24H21NS2/c1-17-8-12-20(13-9-17)22-23(21-14-10-18(2)11-15-21)27-24(26)25(22)16-19-6-4-3-5-7-19/h3-15H,16H2,1-2H3. The molecule has 0 unspecified atom stereocenters. The summed E-state index contributed by atoms with van der Waals surface area (Å²) in [7, 11) is 0. The lowest BCUT2D eigenvalue weighted by Crippen LogP contribution is -2.02. The normalized spacial score (nSPS) is 10.9. The molecule has 0 atom stereocenters. The maximum absolute atomic E-state index is 5.79. The summed E-state index contributed by atoms with van der Waals surface area (Å²) in [5.74, 6) is 0. The predicted octanol–water partition coefficient (Wildman–Crippen LogP) is 7.28. The van der Waals surface area contributed by atoms with Crippen LogP contribution in [0.3, 0.4) is 0 Å². The van der Waals surface area contributed by atoms with Gasteiger partial charge in [0.15, 0.2) is 3.95 Å². The van der Waals surface area contributed by atoms with Crippen molar-refractivity contribution < 1.29 is 0 Å². The van der Waals surface area contributed by atoms with E-state index in [9.17, 15) is 0 Å². The van der Waals surface area contributed by atoms with Crippen LogP contribution in [-0.4, -0.2) is 4.57 Å². The van der Waals surface area contributed by atoms with Crippen LogP contribution in [0.2, 0.25) is 0 Å². The number of aryl methyl sites for hydroxylation is 2. The van der Waals surface area contributed by atoms with Crippen molar-refractivity contribution in [3.05, 3.63) is 99.5 Å². The van der Waals surface area contributed by atoms with Gasteiger partial charge in [-0.15, -0.1) is 11.3 Å². The summed E-state index contributed by atoms with van der Waals surface area (Å²) in [6, 6.07) is 28.0. The molecule has 0 aliphatic rings. The quantitative estimate of drug-likeness (QED) is 0.333. The van der Waals surface area contributed by atoms with Crippen molar-refractivity contribution in [2.24, 2.45) is 0 Å². The zero-order chi connectivity index (χ0) is 18.8. The Bertz CT molecular complexity index is 1100. The van der Waals surface area contributed by atoms with Gasteiger partial charge in [0.2, 0.25) is 0 Å². The van der Waals surface area contributed by atoms with Gasteiger partial charge in [-0.3, -0.25) is 0 Å². The van der Waals surface area contributed by atoms with Crippen LogP contribution in [-0.2, 0) is 6.54 Å². The van der Waals surface area contributed by atoms with E-state index in [0.29, 0.717) is 0 Å². The lowest BCUT2D eigenvalue weighted by molar-refractivity contribution is 0.809. The molecule has 4 rings (SSSR count). The van der Waals surface area contributed by atoms with Crippen LogP contribution >= 0.6 is 23.6 Å². The molecule has 0 amide bonds. The Labute approximate surface area is 169 Å². The molecule has 0 fully saturated rings. The third-order valence-corrected chi connectivity index (χ3v) is 6.22. The van der Waals surface area contributed by atoms with E-state index in [1.807, 2.05) is 0 Å². The Morgan fingerprint density at radius 2 is 1.30 bits per heavy atom. The predicted molar refractivity (Wildman–Crippen MR) is 119 cm³/mol. The zero-order valence-electron chi connectivity index (χ0n) is 15.5. The third kappa shape index (κ3) is 3.80. The van der Waals surface area contributed by atoms with Crippen LogP contribution in [0.15, 0.2) is 78.9 Å². The molecule has 134 valence electrons.